The van der Waals surface area contributed by atoms with Crippen molar-refractivity contribution < 1.29 is 9.53 Å². The molecule has 0 aliphatic carbocycles. The highest BCUT2D eigenvalue weighted by Crippen LogP contribution is 2.13. The number of carbonyl (C=O) groups is 1. The maximum atomic E-state index is 11.8. The van der Waals surface area contributed by atoms with Crippen molar-refractivity contribution in [3.63, 3.8) is 0 Å². The lowest BCUT2D eigenvalue weighted by molar-refractivity contribution is -0.118. The Labute approximate surface area is 128 Å². The Morgan fingerprint density at radius 3 is 2.33 bits per heavy atom. The van der Waals surface area contributed by atoms with Crippen molar-refractivity contribution in [3.05, 3.63) is 59.7 Å². The second kappa shape index (κ2) is 6.85. The molecule has 0 saturated carbocycles. The number of hydrogen-bond donors (Lipinski definition) is 2. The Hall–Kier alpha value is -2.40. The summed E-state index contributed by atoms with van der Waals surface area (Å²) in [5, 5.41) is 2.76. The van der Waals surface area contributed by atoms with Crippen molar-refractivity contribution in [1.29, 1.82) is 0 Å². The molecule has 108 valence electrons. The van der Waals surface area contributed by atoms with Gasteiger partial charge >= 0.3 is 0 Å². The van der Waals surface area contributed by atoms with Crippen molar-refractivity contribution in [2.24, 2.45) is 5.73 Å². The van der Waals surface area contributed by atoms with E-state index >= 15 is 0 Å². The molecule has 2 aromatic rings. The van der Waals surface area contributed by atoms with E-state index in [0.717, 1.165) is 16.8 Å². The van der Waals surface area contributed by atoms with Crippen LogP contribution in [0.5, 0.6) is 5.75 Å². The number of nitrogens with two attached hydrogens (primary N) is 1. The highest BCUT2D eigenvalue weighted by atomic mass is 32.1. The molecular formula is C16H16N2O2S. The maximum absolute atomic E-state index is 11.8. The van der Waals surface area contributed by atoms with Crippen LogP contribution < -0.4 is 15.8 Å². The third-order valence-electron chi connectivity index (χ3n) is 2.84. The molecule has 0 heterocycles. The van der Waals surface area contributed by atoms with Crippen LogP contribution in [0.4, 0.5) is 5.69 Å². The SMILES string of the molecule is Cc1ccc(NC(=O)COc2ccc(C(N)=S)cc2)cc1. The predicted molar refractivity (Wildman–Crippen MR) is 87.6 cm³/mol. The topological polar surface area (TPSA) is 64.3 Å². The van der Waals surface area contributed by atoms with E-state index in [4.69, 9.17) is 22.7 Å². The van der Waals surface area contributed by atoms with Crippen LogP contribution in [0.1, 0.15) is 11.1 Å². The van der Waals surface area contributed by atoms with Gasteiger partial charge in [0.05, 0.1) is 0 Å². The zero-order chi connectivity index (χ0) is 15.2. The summed E-state index contributed by atoms with van der Waals surface area (Å²) in [5.41, 5.74) is 8.16. The van der Waals surface area contributed by atoms with E-state index in [0.29, 0.717) is 10.7 Å². The first-order chi connectivity index (χ1) is 10.0. The van der Waals surface area contributed by atoms with E-state index in [1.165, 1.54) is 0 Å². The lowest BCUT2D eigenvalue weighted by Gasteiger charge is -2.08. The Morgan fingerprint density at radius 1 is 1.14 bits per heavy atom. The molecule has 0 atom stereocenters. The van der Waals surface area contributed by atoms with Crippen LogP contribution in [0.3, 0.4) is 0 Å². The fourth-order valence-electron chi connectivity index (χ4n) is 1.70. The molecule has 0 bridgehead atoms. The molecule has 0 unspecified atom stereocenters. The summed E-state index contributed by atoms with van der Waals surface area (Å²) in [6.45, 7) is 1.94. The summed E-state index contributed by atoms with van der Waals surface area (Å²) >= 11 is 4.87. The fraction of sp³-hybridized carbons (Fsp3) is 0.125. The van der Waals surface area contributed by atoms with Crippen LogP contribution in [-0.2, 0) is 4.79 Å². The zero-order valence-corrected chi connectivity index (χ0v) is 12.4. The van der Waals surface area contributed by atoms with Crippen molar-refractivity contribution in [2.45, 2.75) is 6.92 Å². The molecular weight excluding hydrogens is 284 g/mol. The van der Waals surface area contributed by atoms with Crippen molar-refractivity contribution in [2.75, 3.05) is 11.9 Å². The normalized spacial score (nSPS) is 9.95. The molecule has 0 fully saturated rings. The molecule has 0 aliphatic heterocycles. The molecule has 0 saturated heterocycles. The molecule has 2 rings (SSSR count). The predicted octanol–water partition coefficient (Wildman–Crippen LogP) is 2.65. The number of anilines is 1. The average molecular weight is 300 g/mol. The summed E-state index contributed by atoms with van der Waals surface area (Å²) in [5.74, 6) is 0.381. The number of amides is 1. The second-order valence-electron chi connectivity index (χ2n) is 4.59. The summed E-state index contributed by atoms with van der Waals surface area (Å²) in [7, 11) is 0. The summed E-state index contributed by atoms with van der Waals surface area (Å²) in [6.07, 6.45) is 0. The van der Waals surface area contributed by atoms with Gasteiger partial charge in [-0.05, 0) is 43.3 Å². The molecule has 1 amide bonds. The average Bonchev–Trinajstić information content (AvgIpc) is 2.48. The number of nitrogens with one attached hydrogen (secondary N) is 1. The zero-order valence-electron chi connectivity index (χ0n) is 11.6. The quantitative estimate of drug-likeness (QED) is 0.833. The van der Waals surface area contributed by atoms with E-state index < -0.39 is 0 Å². The molecule has 21 heavy (non-hydrogen) atoms. The van der Waals surface area contributed by atoms with Crippen LogP contribution in [0.25, 0.3) is 0 Å². The molecule has 5 heteroatoms. The molecule has 0 aliphatic rings. The number of aryl methyl sites for hydroxylation is 1. The van der Waals surface area contributed by atoms with E-state index in [9.17, 15) is 4.79 Å². The van der Waals surface area contributed by atoms with Crippen LogP contribution in [0, 0.1) is 6.92 Å². The van der Waals surface area contributed by atoms with Gasteiger partial charge in [0.1, 0.15) is 10.7 Å². The number of hydrogen-bond acceptors (Lipinski definition) is 3. The lowest BCUT2D eigenvalue weighted by Crippen LogP contribution is -2.20. The summed E-state index contributed by atoms with van der Waals surface area (Å²) in [4.78, 5) is 12.1. The molecule has 2 aromatic carbocycles. The van der Waals surface area contributed by atoms with Gasteiger partial charge in [-0.1, -0.05) is 29.9 Å². The summed E-state index contributed by atoms with van der Waals surface area (Å²) < 4.78 is 5.40. The first-order valence-electron chi connectivity index (χ1n) is 6.44. The van der Waals surface area contributed by atoms with Gasteiger partial charge < -0.3 is 15.8 Å². The first kappa shape index (κ1) is 15.0. The molecule has 4 nitrogen and oxygen atoms in total. The largest absolute Gasteiger partial charge is 0.484 e. The van der Waals surface area contributed by atoms with E-state index in [2.05, 4.69) is 5.32 Å². The van der Waals surface area contributed by atoms with Crippen LogP contribution in [0.15, 0.2) is 48.5 Å². The van der Waals surface area contributed by atoms with Crippen molar-refractivity contribution >= 4 is 28.8 Å². The first-order valence-corrected chi connectivity index (χ1v) is 6.84. The van der Waals surface area contributed by atoms with Gasteiger partial charge in [0.15, 0.2) is 6.61 Å². The highest BCUT2D eigenvalue weighted by molar-refractivity contribution is 7.80. The van der Waals surface area contributed by atoms with Gasteiger partial charge in [0.25, 0.3) is 5.91 Å². The minimum absolute atomic E-state index is 0.0553. The van der Waals surface area contributed by atoms with Crippen LogP contribution >= 0.6 is 12.2 Å². The minimum atomic E-state index is -0.211. The Kier molecular flexibility index (Phi) is 4.90. The van der Waals surface area contributed by atoms with E-state index in [1.807, 2.05) is 31.2 Å². The number of ether oxygens (including phenoxy) is 1. The smallest absolute Gasteiger partial charge is 0.262 e. The van der Waals surface area contributed by atoms with Crippen molar-refractivity contribution in [1.82, 2.24) is 0 Å². The molecule has 3 N–H and O–H groups in total. The van der Waals surface area contributed by atoms with Gasteiger partial charge in [0, 0.05) is 11.3 Å². The molecule has 0 radical (unpaired) electrons. The number of benzene rings is 2. The third kappa shape index (κ3) is 4.57. The second-order valence-corrected chi connectivity index (χ2v) is 5.03. The van der Waals surface area contributed by atoms with Gasteiger partial charge in [-0.25, -0.2) is 0 Å². The van der Waals surface area contributed by atoms with Gasteiger partial charge in [-0.2, -0.15) is 0 Å². The third-order valence-corrected chi connectivity index (χ3v) is 3.08. The van der Waals surface area contributed by atoms with Crippen LogP contribution in [-0.4, -0.2) is 17.5 Å². The number of carbonyl (C=O) groups excluding carboxylic acids is 1. The van der Waals surface area contributed by atoms with Gasteiger partial charge in [-0.15, -0.1) is 0 Å². The monoisotopic (exact) mass is 300 g/mol. The Balaban J connectivity index is 1.86. The van der Waals surface area contributed by atoms with Gasteiger partial charge in [-0.3, -0.25) is 4.79 Å². The fourth-order valence-corrected chi connectivity index (χ4v) is 1.83. The number of thiocarbonyl (C=S) groups is 1. The highest BCUT2D eigenvalue weighted by Gasteiger charge is 2.04. The standard InChI is InChI=1S/C16H16N2O2S/c1-11-2-6-13(7-3-11)18-15(19)10-20-14-8-4-12(5-9-14)16(17)21/h2-9H,10H2,1H3,(H2,17,21)(H,18,19). The van der Waals surface area contributed by atoms with E-state index in [1.54, 1.807) is 24.3 Å². The Bertz CT molecular complexity index is 636. The minimum Gasteiger partial charge on any atom is -0.484 e. The number of rotatable bonds is 5. The maximum Gasteiger partial charge on any atom is 0.262 e. The molecule has 0 aromatic heterocycles. The summed E-state index contributed by atoms with van der Waals surface area (Å²) in [6, 6.07) is 14.6. The van der Waals surface area contributed by atoms with Gasteiger partial charge in [0.2, 0.25) is 0 Å². The van der Waals surface area contributed by atoms with Crippen LogP contribution in [0.2, 0.25) is 0 Å². The van der Waals surface area contributed by atoms with E-state index in [-0.39, 0.29) is 12.5 Å². The van der Waals surface area contributed by atoms with Crippen molar-refractivity contribution in [3.8, 4) is 5.75 Å². The Morgan fingerprint density at radius 2 is 1.76 bits per heavy atom. The molecule has 0 spiro atoms. The lowest BCUT2D eigenvalue weighted by atomic mass is 10.2.